The zero-order chi connectivity index (χ0) is 13.7. The molecule has 1 aliphatic rings. The van der Waals surface area contributed by atoms with Gasteiger partial charge in [-0.15, -0.1) is 0 Å². The lowest BCUT2D eigenvalue weighted by Gasteiger charge is -2.32. The van der Waals surface area contributed by atoms with E-state index in [0.29, 0.717) is 6.04 Å². The molecule has 0 radical (unpaired) electrons. The molecule has 1 aromatic rings. The molecule has 1 heterocycles. The molecule has 19 heavy (non-hydrogen) atoms. The molecule has 1 atom stereocenters. The number of nitrogens with zero attached hydrogens (tertiary/aromatic N) is 2. The Hall–Kier alpha value is -0.940. The van der Waals surface area contributed by atoms with Crippen LogP contribution in [0.5, 0.6) is 0 Å². The van der Waals surface area contributed by atoms with E-state index in [4.69, 9.17) is 9.26 Å². The predicted molar refractivity (Wildman–Crippen MR) is 72.9 cm³/mol. The second-order valence-electron chi connectivity index (χ2n) is 5.50. The first-order valence-electron chi connectivity index (χ1n) is 7.25. The topological polar surface area (TPSA) is 60.2 Å². The highest BCUT2D eigenvalue weighted by Gasteiger charge is 2.38. The lowest BCUT2D eigenvalue weighted by atomic mass is 9.84. The van der Waals surface area contributed by atoms with Gasteiger partial charge in [0, 0.05) is 19.6 Å². The van der Waals surface area contributed by atoms with Crippen LogP contribution in [0.4, 0.5) is 0 Å². The molecule has 2 rings (SSSR count). The second kappa shape index (κ2) is 6.48. The summed E-state index contributed by atoms with van der Waals surface area (Å²) in [5, 5.41) is 7.36. The Morgan fingerprint density at radius 1 is 1.37 bits per heavy atom. The van der Waals surface area contributed by atoms with Gasteiger partial charge in [-0.05, 0) is 33.2 Å². The normalized spacial score (nSPS) is 20.4. The van der Waals surface area contributed by atoms with Crippen LogP contribution in [0.1, 0.15) is 57.2 Å². The molecule has 0 spiro atoms. The average Bonchev–Trinajstić information content (AvgIpc) is 2.95. The highest BCUT2D eigenvalue weighted by molar-refractivity contribution is 5.03. The molecule has 108 valence electrons. The maximum absolute atomic E-state index is 5.73. The molecule has 1 N–H and O–H groups in total. The Kier molecular flexibility index (Phi) is 4.93. The maximum atomic E-state index is 5.73. The quantitative estimate of drug-likeness (QED) is 0.857. The van der Waals surface area contributed by atoms with E-state index in [2.05, 4.69) is 22.4 Å². The largest absolute Gasteiger partial charge is 0.370 e. The first kappa shape index (κ1) is 14.5. The van der Waals surface area contributed by atoms with E-state index in [1.807, 2.05) is 7.05 Å². The number of methoxy groups -OCH3 is 1. The summed E-state index contributed by atoms with van der Waals surface area (Å²) in [6, 6.07) is 0.460. The highest BCUT2D eigenvalue weighted by Crippen LogP contribution is 2.38. The maximum Gasteiger partial charge on any atom is 0.226 e. The van der Waals surface area contributed by atoms with Crippen LogP contribution in [0.25, 0.3) is 0 Å². The fraction of sp³-hybridized carbons (Fsp3) is 0.857. The summed E-state index contributed by atoms with van der Waals surface area (Å²) in [4.78, 5) is 4.55. The molecule has 0 saturated heterocycles. The van der Waals surface area contributed by atoms with Crippen molar-refractivity contribution in [2.45, 2.75) is 63.5 Å². The van der Waals surface area contributed by atoms with Crippen molar-refractivity contribution >= 4 is 0 Å². The van der Waals surface area contributed by atoms with Gasteiger partial charge >= 0.3 is 0 Å². The summed E-state index contributed by atoms with van der Waals surface area (Å²) in [5.74, 6) is 1.46. The standard InChI is InChI=1S/C14H25N3O2/c1-11(15-2)7-8-12-16-13(17-19-12)14(18-3)9-5-4-6-10-14/h11,15H,4-10H2,1-3H3. The van der Waals surface area contributed by atoms with Gasteiger partial charge in [0.15, 0.2) is 0 Å². The van der Waals surface area contributed by atoms with Gasteiger partial charge in [0.25, 0.3) is 0 Å². The number of hydrogen-bond donors (Lipinski definition) is 1. The Morgan fingerprint density at radius 3 is 2.74 bits per heavy atom. The SMILES string of the molecule is CNC(C)CCc1nc(C2(OC)CCCCC2)no1. The van der Waals surface area contributed by atoms with Crippen LogP contribution in [0, 0.1) is 0 Å². The smallest absolute Gasteiger partial charge is 0.226 e. The minimum Gasteiger partial charge on any atom is -0.370 e. The van der Waals surface area contributed by atoms with Crippen LogP contribution >= 0.6 is 0 Å². The van der Waals surface area contributed by atoms with Gasteiger partial charge in [-0.2, -0.15) is 4.98 Å². The van der Waals surface area contributed by atoms with E-state index in [1.165, 1.54) is 19.3 Å². The zero-order valence-corrected chi connectivity index (χ0v) is 12.2. The van der Waals surface area contributed by atoms with E-state index in [1.54, 1.807) is 7.11 Å². The Labute approximate surface area is 115 Å². The molecule has 0 aromatic carbocycles. The van der Waals surface area contributed by atoms with Gasteiger partial charge in [-0.25, -0.2) is 0 Å². The van der Waals surface area contributed by atoms with Crippen molar-refractivity contribution in [1.29, 1.82) is 0 Å². The van der Waals surface area contributed by atoms with Crippen LogP contribution in [0.2, 0.25) is 0 Å². The molecule has 1 unspecified atom stereocenters. The first-order valence-corrected chi connectivity index (χ1v) is 7.25. The van der Waals surface area contributed by atoms with E-state index >= 15 is 0 Å². The number of aryl methyl sites for hydroxylation is 1. The van der Waals surface area contributed by atoms with Crippen molar-refractivity contribution in [2.24, 2.45) is 0 Å². The van der Waals surface area contributed by atoms with E-state index in [9.17, 15) is 0 Å². The van der Waals surface area contributed by atoms with Crippen LogP contribution in [0.15, 0.2) is 4.52 Å². The van der Waals surface area contributed by atoms with Crippen molar-refractivity contribution in [2.75, 3.05) is 14.2 Å². The Bertz CT molecular complexity index is 386. The number of ether oxygens (including phenoxy) is 1. The third-order valence-electron chi connectivity index (χ3n) is 4.21. The fourth-order valence-corrected chi connectivity index (χ4v) is 2.67. The van der Waals surface area contributed by atoms with E-state index < -0.39 is 0 Å². The fourth-order valence-electron chi connectivity index (χ4n) is 2.67. The van der Waals surface area contributed by atoms with Crippen LogP contribution in [-0.2, 0) is 16.8 Å². The summed E-state index contributed by atoms with van der Waals surface area (Å²) < 4.78 is 11.1. The predicted octanol–water partition coefficient (Wildman–Crippen LogP) is 2.42. The monoisotopic (exact) mass is 267 g/mol. The van der Waals surface area contributed by atoms with Gasteiger partial charge in [-0.3, -0.25) is 0 Å². The number of hydrogen-bond acceptors (Lipinski definition) is 5. The third kappa shape index (κ3) is 3.34. The lowest BCUT2D eigenvalue weighted by molar-refractivity contribution is -0.0527. The summed E-state index contributed by atoms with van der Waals surface area (Å²) >= 11 is 0. The molecule has 0 aliphatic heterocycles. The molecular weight excluding hydrogens is 242 g/mol. The average molecular weight is 267 g/mol. The van der Waals surface area contributed by atoms with E-state index in [0.717, 1.165) is 37.4 Å². The van der Waals surface area contributed by atoms with E-state index in [-0.39, 0.29) is 5.60 Å². The highest BCUT2D eigenvalue weighted by atomic mass is 16.5. The molecule has 1 fully saturated rings. The molecular formula is C14H25N3O2. The van der Waals surface area contributed by atoms with Gasteiger partial charge in [-0.1, -0.05) is 24.4 Å². The molecule has 1 saturated carbocycles. The molecule has 0 amide bonds. The zero-order valence-electron chi connectivity index (χ0n) is 12.2. The minimum absolute atomic E-state index is 0.311. The Balaban J connectivity index is 2.02. The van der Waals surface area contributed by atoms with Crippen molar-refractivity contribution in [3.63, 3.8) is 0 Å². The third-order valence-corrected chi connectivity index (χ3v) is 4.21. The van der Waals surface area contributed by atoms with Crippen LogP contribution in [0.3, 0.4) is 0 Å². The molecule has 1 aliphatic carbocycles. The summed E-state index contributed by atoms with van der Waals surface area (Å²) in [6.07, 6.45) is 7.43. The van der Waals surface area contributed by atoms with Crippen molar-refractivity contribution in [3.05, 3.63) is 11.7 Å². The van der Waals surface area contributed by atoms with Gasteiger partial charge in [0.05, 0.1) is 0 Å². The van der Waals surface area contributed by atoms with Crippen LogP contribution in [-0.4, -0.2) is 30.3 Å². The van der Waals surface area contributed by atoms with Crippen molar-refractivity contribution in [3.8, 4) is 0 Å². The summed E-state index contributed by atoms with van der Waals surface area (Å²) in [5.41, 5.74) is -0.311. The van der Waals surface area contributed by atoms with Gasteiger partial charge < -0.3 is 14.6 Å². The first-order chi connectivity index (χ1) is 9.20. The lowest BCUT2D eigenvalue weighted by Crippen LogP contribution is -2.32. The van der Waals surface area contributed by atoms with Crippen LogP contribution < -0.4 is 5.32 Å². The molecule has 5 heteroatoms. The second-order valence-corrected chi connectivity index (χ2v) is 5.50. The summed E-state index contributed by atoms with van der Waals surface area (Å²) in [6.45, 7) is 2.15. The molecule has 1 aromatic heterocycles. The number of aromatic nitrogens is 2. The number of nitrogens with one attached hydrogen (secondary N) is 1. The summed E-state index contributed by atoms with van der Waals surface area (Å²) in [7, 11) is 3.72. The minimum atomic E-state index is -0.311. The van der Waals surface area contributed by atoms with Crippen molar-refractivity contribution < 1.29 is 9.26 Å². The van der Waals surface area contributed by atoms with Gasteiger partial charge in [0.2, 0.25) is 11.7 Å². The van der Waals surface area contributed by atoms with Gasteiger partial charge in [0.1, 0.15) is 5.60 Å². The Morgan fingerprint density at radius 2 is 2.11 bits per heavy atom. The molecule has 0 bridgehead atoms. The number of rotatable bonds is 6. The van der Waals surface area contributed by atoms with Crippen molar-refractivity contribution in [1.82, 2.24) is 15.5 Å². The molecule has 5 nitrogen and oxygen atoms in total.